The average molecular weight is 309 g/mol. The number of rotatable bonds is 3. The Morgan fingerprint density at radius 1 is 1.28 bits per heavy atom. The summed E-state index contributed by atoms with van der Waals surface area (Å²) in [5, 5.41) is 3.21. The van der Waals surface area contributed by atoms with Gasteiger partial charge in [0, 0.05) is 10.7 Å². The molecule has 2 rings (SSSR count). The van der Waals surface area contributed by atoms with Gasteiger partial charge in [0.1, 0.15) is 5.82 Å². The fraction of sp³-hybridized carbons (Fsp3) is 0.214. The molecule has 0 saturated carbocycles. The van der Waals surface area contributed by atoms with Crippen molar-refractivity contribution in [3.05, 3.63) is 63.6 Å². The summed E-state index contributed by atoms with van der Waals surface area (Å²) in [4.78, 5) is 4.39. The van der Waals surface area contributed by atoms with Crippen LogP contribution in [0.4, 0.5) is 4.39 Å². The van der Waals surface area contributed by atoms with Crippen LogP contribution < -0.4 is 5.32 Å². The highest BCUT2D eigenvalue weighted by atomic mass is 79.9. The molecule has 0 bridgehead atoms. The second-order valence-electron chi connectivity index (χ2n) is 4.12. The second-order valence-corrected chi connectivity index (χ2v) is 5.04. The molecule has 1 unspecified atom stereocenters. The summed E-state index contributed by atoms with van der Waals surface area (Å²) in [6.07, 6.45) is 1.76. The average Bonchev–Trinajstić information content (AvgIpc) is 2.35. The van der Waals surface area contributed by atoms with Gasteiger partial charge < -0.3 is 5.32 Å². The Hall–Kier alpha value is -1.26. The molecule has 2 aromatic rings. The molecule has 4 heteroatoms. The van der Waals surface area contributed by atoms with Crippen molar-refractivity contribution in [1.82, 2.24) is 10.3 Å². The maximum absolute atomic E-state index is 13.1. The van der Waals surface area contributed by atoms with Crippen molar-refractivity contribution in [2.45, 2.75) is 13.0 Å². The van der Waals surface area contributed by atoms with E-state index in [1.165, 1.54) is 6.07 Å². The SMILES string of the molecule is CNC(c1ccc(Br)cn1)c1ccc(F)cc1C. The number of nitrogens with one attached hydrogen (secondary N) is 1. The quantitative estimate of drug-likeness (QED) is 0.937. The smallest absolute Gasteiger partial charge is 0.123 e. The summed E-state index contributed by atoms with van der Waals surface area (Å²) in [7, 11) is 1.87. The number of hydrogen-bond acceptors (Lipinski definition) is 2. The molecule has 1 heterocycles. The molecule has 0 aliphatic heterocycles. The monoisotopic (exact) mass is 308 g/mol. The summed E-state index contributed by atoms with van der Waals surface area (Å²) < 4.78 is 14.1. The van der Waals surface area contributed by atoms with E-state index in [0.717, 1.165) is 21.3 Å². The first kappa shape index (κ1) is 13.2. The maximum atomic E-state index is 13.1. The van der Waals surface area contributed by atoms with E-state index in [2.05, 4.69) is 26.2 Å². The van der Waals surface area contributed by atoms with Gasteiger partial charge in [-0.25, -0.2) is 4.39 Å². The predicted molar refractivity (Wildman–Crippen MR) is 74.0 cm³/mol. The molecule has 1 aromatic carbocycles. The largest absolute Gasteiger partial charge is 0.308 e. The summed E-state index contributed by atoms with van der Waals surface area (Å²) >= 11 is 3.36. The molecule has 18 heavy (non-hydrogen) atoms. The number of aryl methyl sites for hydroxylation is 1. The van der Waals surface area contributed by atoms with Crippen LogP contribution in [0, 0.1) is 12.7 Å². The van der Waals surface area contributed by atoms with Gasteiger partial charge >= 0.3 is 0 Å². The zero-order valence-electron chi connectivity index (χ0n) is 10.2. The fourth-order valence-electron chi connectivity index (χ4n) is 1.98. The van der Waals surface area contributed by atoms with Crippen LogP contribution >= 0.6 is 15.9 Å². The van der Waals surface area contributed by atoms with Crippen LogP contribution in [0.3, 0.4) is 0 Å². The molecular weight excluding hydrogens is 295 g/mol. The van der Waals surface area contributed by atoms with Crippen molar-refractivity contribution in [3.63, 3.8) is 0 Å². The number of benzene rings is 1. The van der Waals surface area contributed by atoms with Gasteiger partial charge in [0.05, 0.1) is 11.7 Å². The third kappa shape index (κ3) is 2.76. The van der Waals surface area contributed by atoms with Crippen molar-refractivity contribution in [2.75, 3.05) is 7.05 Å². The van der Waals surface area contributed by atoms with Crippen molar-refractivity contribution in [2.24, 2.45) is 0 Å². The Balaban J connectivity index is 2.41. The first-order chi connectivity index (χ1) is 8.61. The number of aromatic nitrogens is 1. The summed E-state index contributed by atoms with van der Waals surface area (Å²) in [5.41, 5.74) is 2.86. The van der Waals surface area contributed by atoms with Crippen molar-refractivity contribution < 1.29 is 4.39 Å². The Kier molecular flexibility index (Phi) is 4.09. The zero-order chi connectivity index (χ0) is 13.1. The number of halogens is 2. The van der Waals surface area contributed by atoms with Crippen molar-refractivity contribution in [1.29, 1.82) is 0 Å². The number of pyridine rings is 1. The lowest BCUT2D eigenvalue weighted by Crippen LogP contribution is -2.19. The van der Waals surface area contributed by atoms with Gasteiger partial charge in [-0.15, -0.1) is 0 Å². The molecule has 0 saturated heterocycles. The van der Waals surface area contributed by atoms with Crippen LogP contribution in [0.5, 0.6) is 0 Å². The lowest BCUT2D eigenvalue weighted by molar-refractivity contribution is 0.619. The summed E-state index contributed by atoms with van der Waals surface area (Å²) in [6, 6.07) is 8.69. The molecule has 1 N–H and O–H groups in total. The molecule has 2 nitrogen and oxygen atoms in total. The first-order valence-corrected chi connectivity index (χ1v) is 6.46. The maximum Gasteiger partial charge on any atom is 0.123 e. The highest BCUT2D eigenvalue weighted by Gasteiger charge is 2.15. The van der Waals surface area contributed by atoms with Crippen LogP contribution in [-0.2, 0) is 0 Å². The topological polar surface area (TPSA) is 24.9 Å². The molecule has 94 valence electrons. The van der Waals surface area contributed by atoms with Gasteiger partial charge in [-0.05, 0) is 65.3 Å². The molecule has 0 radical (unpaired) electrons. The van der Waals surface area contributed by atoms with Crippen LogP contribution in [0.2, 0.25) is 0 Å². The number of hydrogen-bond donors (Lipinski definition) is 1. The van der Waals surface area contributed by atoms with Gasteiger partial charge in [0.25, 0.3) is 0 Å². The third-order valence-electron chi connectivity index (χ3n) is 2.88. The minimum absolute atomic E-state index is 0.0290. The Morgan fingerprint density at radius 2 is 2.06 bits per heavy atom. The van der Waals surface area contributed by atoms with Crippen molar-refractivity contribution in [3.8, 4) is 0 Å². The van der Waals surface area contributed by atoms with E-state index in [9.17, 15) is 4.39 Å². The lowest BCUT2D eigenvalue weighted by atomic mass is 9.98. The van der Waals surface area contributed by atoms with E-state index in [1.807, 2.05) is 26.1 Å². The van der Waals surface area contributed by atoms with Gasteiger partial charge in [0.15, 0.2) is 0 Å². The molecule has 0 aliphatic carbocycles. The molecule has 0 fully saturated rings. The van der Waals surface area contributed by atoms with Crippen LogP contribution in [-0.4, -0.2) is 12.0 Å². The minimum Gasteiger partial charge on any atom is -0.308 e. The molecule has 0 spiro atoms. The van der Waals surface area contributed by atoms with Crippen LogP contribution in [0.25, 0.3) is 0 Å². The summed E-state index contributed by atoms with van der Waals surface area (Å²) in [5.74, 6) is -0.213. The minimum atomic E-state index is -0.213. The van der Waals surface area contributed by atoms with Gasteiger partial charge in [0.2, 0.25) is 0 Å². The predicted octanol–water partition coefficient (Wildman–Crippen LogP) is 3.60. The Morgan fingerprint density at radius 3 is 2.61 bits per heavy atom. The normalized spacial score (nSPS) is 12.4. The van der Waals surface area contributed by atoms with E-state index < -0.39 is 0 Å². The molecule has 0 amide bonds. The molecular formula is C14H14BrFN2. The standard InChI is InChI=1S/C14H14BrFN2/c1-9-7-11(16)4-5-12(9)14(17-2)13-6-3-10(15)8-18-13/h3-8,14,17H,1-2H3. The first-order valence-electron chi connectivity index (χ1n) is 5.66. The fourth-order valence-corrected chi connectivity index (χ4v) is 2.22. The third-order valence-corrected chi connectivity index (χ3v) is 3.35. The highest BCUT2D eigenvalue weighted by molar-refractivity contribution is 9.10. The van der Waals surface area contributed by atoms with Crippen molar-refractivity contribution >= 4 is 15.9 Å². The highest BCUT2D eigenvalue weighted by Crippen LogP contribution is 2.24. The zero-order valence-corrected chi connectivity index (χ0v) is 11.8. The van der Waals surface area contributed by atoms with Crippen LogP contribution in [0.15, 0.2) is 41.0 Å². The summed E-state index contributed by atoms with van der Waals surface area (Å²) in [6.45, 7) is 1.90. The van der Waals surface area contributed by atoms with Gasteiger partial charge in [-0.1, -0.05) is 6.07 Å². The lowest BCUT2D eigenvalue weighted by Gasteiger charge is -2.18. The van der Waals surface area contributed by atoms with E-state index in [-0.39, 0.29) is 11.9 Å². The van der Waals surface area contributed by atoms with E-state index in [0.29, 0.717) is 0 Å². The van der Waals surface area contributed by atoms with Gasteiger partial charge in [-0.2, -0.15) is 0 Å². The van der Waals surface area contributed by atoms with E-state index >= 15 is 0 Å². The molecule has 0 aliphatic rings. The number of nitrogens with zero attached hydrogens (tertiary/aromatic N) is 1. The van der Waals surface area contributed by atoms with Gasteiger partial charge in [-0.3, -0.25) is 4.98 Å². The Labute approximate surface area is 114 Å². The van der Waals surface area contributed by atoms with Crippen LogP contribution in [0.1, 0.15) is 22.9 Å². The molecule has 1 atom stereocenters. The van der Waals surface area contributed by atoms with E-state index in [1.54, 1.807) is 18.3 Å². The Bertz CT molecular complexity index is 540. The molecule has 1 aromatic heterocycles. The second kappa shape index (κ2) is 5.59. The van der Waals surface area contributed by atoms with E-state index in [4.69, 9.17) is 0 Å².